The van der Waals surface area contributed by atoms with Crippen molar-refractivity contribution in [1.29, 1.82) is 0 Å². The molecule has 0 radical (unpaired) electrons. The van der Waals surface area contributed by atoms with Crippen LogP contribution in [0.3, 0.4) is 0 Å². The molecule has 1 aromatic carbocycles. The SMILES string of the molecule is CC(CNC(=O)c1ccn[nH]1)c1nc2ccccc2s1. The number of nitrogens with zero attached hydrogens (tertiary/aromatic N) is 2. The van der Waals surface area contributed by atoms with Crippen LogP contribution < -0.4 is 5.32 Å². The van der Waals surface area contributed by atoms with Crippen molar-refractivity contribution in [2.24, 2.45) is 0 Å². The summed E-state index contributed by atoms with van der Waals surface area (Å²) in [6.45, 7) is 2.61. The molecule has 5 nitrogen and oxygen atoms in total. The van der Waals surface area contributed by atoms with Gasteiger partial charge in [-0.2, -0.15) is 5.10 Å². The molecule has 2 heterocycles. The van der Waals surface area contributed by atoms with Crippen molar-refractivity contribution in [2.45, 2.75) is 12.8 Å². The first-order chi connectivity index (χ1) is 9.74. The van der Waals surface area contributed by atoms with Gasteiger partial charge < -0.3 is 5.32 Å². The maximum absolute atomic E-state index is 11.8. The number of thiazole rings is 1. The number of hydrogen-bond donors (Lipinski definition) is 2. The second kappa shape index (κ2) is 5.42. The number of carbonyl (C=O) groups excluding carboxylic acids is 1. The molecule has 1 unspecified atom stereocenters. The lowest BCUT2D eigenvalue weighted by molar-refractivity contribution is 0.0946. The van der Waals surface area contributed by atoms with Gasteiger partial charge in [0.2, 0.25) is 0 Å². The summed E-state index contributed by atoms with van der Waals surface area (Å²) in [5.74, 6) is 0.0368. The standard InChI is InChI=1S/C14H14N4OS/c1-9(8-15-13(19)11-6-7-16-18-11)14-17-10-4-2-3-5-12(10)20-14/h2-7,9H,8H2,1H3,(H,15,19)(H,16,18). The summed E-state index contributed by atoms with van der Waals surface area (Å²) in [7, 11) is 0. The first kappa shape index (κ1) is 12.8. The lowest BCUT2D eigenvalue weighted by Crippen LogP contribution is -2.27. The molecule has 2 aromatic heterocycles. The Morgan fingerprint density at radius 3 is 3.00 bits per heavy atom. The maximum Gasteiger partial charge on any atom is 0.269 e. The number of aromatic amines is 1. The fraction of sp³-hybridized carbons (Fsp3) is 0.214. The number of hydrogen-bond acceptors (Lipinski definition) is 4. The molecule has 0 aliphatic heterocycles. The van der Waals surface area contributed by atoms with Crippen molar-refractivity contribution < 1.29 is 4.79 Å². The molecule has 6 heteroatoms. The normalized spacial score (nSPS) is 12.4. The third-order valence-corrected chi connectivity index (χ3v) is 4.31. The van der Waals surface area contributed by atoms with Crippen LogP contribution in [-0.2, 0) is 0 Å². The number of H-pyrrole nitrogens is 1. The fourth-order valence-corrected chi connectivity index (χ4v) is 2.93. The highest BCUT2D eigenvalue weighted by Gasteiger charge is 2.13. The Morgan fingerprint density at radius 1 is 1.40 bits per heavy atom. The van der Waals surface area contributed by atoms with Gasteiger partial charge in [-0.05, 0) is 18.2 Å². The van der Waals surface area contributed by atoms with Crippen molar-refractivity contribution in [1.82, 2.24) is 20.5 Å². The van der Waals surface area contributed by atoms with E-state index in [4.69, 9.17) is 0 Å². The summed E-state index contributed by atoms with van der Waals surface area (Å²) in [5, 5.41) is 10.3. The number of amides is 1. The molecule has 102 valence electrons. The quantitative estimate of drug-likeness (QED) is 0.774. The number of fused-ring (bicyclic) bond motifs is 1. The average molecular weight is 286 g/mol. The monoisotopic (exact) mass is 286 g/mol. The summed E-state index contributed by atoms with van der Waals surface area (Å²) in [6, 6.07) is 9.71. The first-order valence-electron chi connectivity index (χ1n) is 6.37. The minimum Gasteiger partial charge on any atom is -0.350 e. The van der Waals surface area contributed by atoms with E-state index >= 15 is 0 Å². The van der Waals surface area contributed by atoms with Crippen LogP contribution in [0.15, 0.2) is 36.5 Å². The number of benzene rings is 1. The third-order valence-electron chi connectivity index (χ3n) is 3.05. The van der Waals surface area contributed by atoms with Crippen molar-refractivity contribution in [3.63, 3.8) is 0 Å². The van der Waals surface area contributed by atoms with Gasteiger partial charge in [0, 0.05) is 18.7 Å². The van der Waals surface area contributed by atoms with E-state index in [0.29, 0.717) is 12.2 Å². The fourth-order valence-electron chi connectivity index (χ4n) is 1.91. The van der Waals surface area contributed by atoms with Crippen LogP contribution in [0, 0.1) is 0 Å². The predicted molar refractivity (Wildman–Crippen MR) is 79.0 cm³/mol. The number of aromatic nitrogens is 3. The Hall–Kier alpha value is -2.21. The molecule has 1 amide bonds. The van der Waals surface area contributed by atoms with Gasteiger partial charge in [0.25, 0.3) is 5.91 Å². The molecule has 1 atom stereocenters. The molecular formula is C14H14N4OS. The van der Waals surface area contributed by atoms with Gasteiger partial charge in [0.1, 0.15) is 5.69 Å². The molecule has 3 aromatic rings. The molecule has 0 aliphatic rings. The highest BCUT2D eigenvalue weighted by atomic mass is 32.1. The molecule has 3 rings (SSSR count). The Balaban J connectivity index is 1.67. The van der Waals surface area contributed by atoms with Gasteiger partial charge in [-0.15, -0.1) is 11.3 Å². The molecule has 0 saturated carbocycles. The molecule has 0 fully saturated rings. The summed E-state index contributed by atoms with van der Waals surface area (Å²) in [4.78, 5) is 16.4. The smallest absolute Gasteiger partial charge is 0.269 e. The van der Waals surface area contributed by atoms with Gasteiger partial charge in [0.05, 0.1) is 15.2 Å². The molecule has 0 aliphatic carbocycles. The van der Waals surface area contributed by atoms with Gasteiger partial charge in [0.15, 0.2) is 0 Å². The van der Waals surface area contributed by atoms with E-state index in [1.54, 1.807) is 23.6 Å². The van der Waals surface area contributed by atoms with Crippen LogP contribution in [0.5, 0.6) is 0 Å². The Kier molecular flexibility index (Phi) is 3.47. The van der Waals surface area contributed by atoms with E-state index in [-0.39, 0.29) is 11.8 Å². The topological polar surface area (TPSA) is 70.7 Å². The summed E-state index contributed by atoms with van der Waals surface area (Å²) in [6.07, 6.45) is 1.56. The van der Waals surface area contributed by atoms with Crippen LogP contribution in [0.2, 0.25) is 0 Å². The molecular weight excluding hydrogens is 272 g/mol. The van der Waals surface area contributed by atoms with Crippen LogP contribution in [-0.4, -0.2) is 27.6 Å². The number of carbonyl (C=O) groups is 1. The molecule has 2 N–H and O–H groups in total. The summed E-state index contributed by atoms with van der Waals surface area (Å²) < 4.78 is 1.18. The van der Waals surface area contributed by atoms with E-state index in [2.05, 4.69) is 33.5 Å². The van der Waals surface area contributed by atoms with Gasteiger partial charge in [-0.3, -0.25) is 9.89 Å². The second-order valence-corrected chi connectivity index (χ2v) is 5.66. The lowest BCUT2D eigenvalue weighted by Gasteiger charge is -2.08. The first-order valence-corrected chi connectivity index (χ1v) is 7.19. The zero-order valence-electron chi connectivity index (χ0n) is 11.0. The highest BCUT2D eigenvalue weighted by molar-refractivity contribution is 7.18. The van der Waals surface area contributed by atoms with Crippen molar-refractivity contribution in [3.8, 4) is 0 Å². The molecule has 20 heavy (non-hydrogen) atoms. The minimum atomic E-state index is -0.143. The summed E-state index contributed by atoms with van der Waals surface area (Å²) in [5.41, 5.74) is 1.49. The van der Waals surface area contributed by atoms with Crippen LogP contribution >= 0.6 is 11.3 Å². The summed E-state index contributed by atoms with van der Waals surface area (Å²) >= 11 is 1.67. The number of nitrogens with one attached hydrogen (secondary N) is 2. The maximum atomic E-state index is 11.8. The average Bonchev–Trinajstić information content (AvgIpc) is 3.12. The predicted octanol–water partition coefficient (Wildman–Crippen LogP) is 2.55. The second-order valence-electron chi connectivity index (χ2n) is 4.60. The van der Waals surface area contributed by atoms with Crippen molar-refractivity contribution in [3.05, 3.63) is 47.2 Å². The van der Waals surface area contributed by atoms with Crippen molar-refractivity contribution >= 4 is 27.5 Å². The van der Waals surface area contributed by atoms with Crippen LogP contribution in [0.25, 0.3) is 10.2 Å². The van der Waals surface area contributed by atoms with Gasteiger partial charge >= 0.3 is 0 Å². The van der Waals surface area contributed by atoms with E-state index in [1.165, 1.54) is 4.70 Å². The Labute approximate surface area is 120 Å². The zero-order valence-corrected chi connectivity index (χ0v) is 11.8. The number of para-hydroxylation sites is 1. The lowest BCUT2D eigenvalue weighted by atomic mass is 10.2. The number of rotatable bonds is 4. The van der Waals surface area contributed by atoms with E-state index in [9.17, 15) is 4.79 Å². The largest absolute Gasteiger partial charge is 0.350 e. The molecule has 0 saturated heterocycles. The van der Waals surface area contributed by atoms with Gasteiger partial charge in [-0.25, -0.2) is 4.98 Å². The van der Waals surface area contributed by atoms with Gasteiger partial charge in [-0.1, -0.05) is 19.1 Å². The third kappa shape index (κ3) is 2.55. The minimum absolute atomic E-state index is 0.143. The molecule has 0 spiro atoms. The van der Waals surface area contributed by atoms with E-state index in [0.717, 1.165) is 10.5 Å². The highest BCUT2D eigenvalue weighted by Crippen LogP contribution is 2.26. The van der Waals surface area contributed by atoms with E-state index in [1.807, 2.05) is 18.2 Å². The van der Waals surface area contributed by atoms with Crippen LogP contribution in [0.1, 0.15) is 28.3 Å². The zero-order chi connectivity index (χ0) is 13.9. The molecule has 0 bridgehead atoms. The van der Waals surface area contributed by atoms with Crippen LogP contribution in [0.4, 0.5) is 0 Å². The Bertz CT molecular complexity index is 687. The van der Waals surface area contributed by atoms with Crippen molar-refractivity contribution in [2.75, 3.05) is 6.54 Å². The van der Waals surface area contributed by atoms with E-state index < -0.39 is 0 Å². The Morgan fingerprint density at radius 2 is 2.25 bits per heavy atom.